The predicted molar refractivity (Wildman–Crippen MR) is 237 cm³/mol. The maximum Gasteiger partial charge on any atom is 0.409 e. The lowest BCUT2D eigenvalue weighted by molar-refractivity contribution is -0.121. The van der Waals surface area contributed by atoms with Crippen LogP contribution in [0.4, 0.5) is 4.79 Å². The molecule has 2 fully saturated rings. The predicted octanol–water partition coefficient (Wildman–Crippen LogP) is 6.34. The Bertz CT molecular complexity index is 2100. The molecule has 1 aromatic heterocycles. The van der Waals surface area contributed by atoms with E-state index in [2.05, 4.69) is 83.0 Å². The van der Waals surface area contributed by atoms with Crippen LogP contribution in [0.1, 0.15) is 61.3 Å². The van der Waals surface area contributed by atoms with Gasteiger partial charge in [0.1, 0.15) is 6.61 Å². The molecule has 0 bridgehead atoms. The molecule has 59 heavy (non-hydrogen) atoms. The second-order valence-corrected chi connectivity index (χ2v) is 17.3. The molecule has 5 N–H and O–H groups in total. The van der Waals surface area contributed by atoms with Crippen LogP contribution in [0.15, 0.2) is 120 Å². The number of nitrogens with zero attached hydrogens (tertiary/aromatic N) is 4. The Labute approximate surface area is 352 Å². The van der Waals surface area contributed by atoms with Gasteiger partial charge in [-0.1, -0.05) is 110 Å². The Kier molecular flexibility index (Phi) is 15.0. The number of para-hydroxylation sites is 2. The minimum atomic E-state index is -0.323. The van der Waals surface area contributed by atoms with Gasteiger partial charge in [0, 0.05) is 80.9 Å². The topological polar surface area (TPSA) is 141 Å². The van der Waals surface area contributed by atoms with Crippen molar-refractivity contribution in [2.24, 2.45) is 11.5 Å². The highest BCUT2D eigenvalue weighted by molar-refractivity contribution is 8.00. The number of piperidine rings is 1. The van der Waals surface area contributed by atoms with E-state index in [9.17, 15) is 14.4 Å². The minimum Gasteiger partial charge on any atom is -0.448 e. The number of hydrogen-bond acceptors (Lipinski definition) is 8. The summed E-state index contributed by atoms with van der Waals surface area (Å²) in [6.07, 6.45) is 4.84. The average molecular weight is 818 g/mol. The van der Waals surface area contributed by atoms with Crippen LogP contribution in [0.2, 0.25) is 0 Å². The molecule has 0 aliphatic carbocycles. The van der Waals surface area contributed by atoms with Crippen molar-refractivity contribution in [1.82, 2.24) is 24.3 Å². The second-order valence-electron chi connectivity index (χ2n) is 16.0. The number of carbonyl (C=O) groups is 2. The molecular formula is C47H59N7O4S. The van der Waals surface area contributed by atoms with Gasteiger partial charge >= 0.3 is 11.8 Å². The summed E-state index contributed by atoms with van der Waals surface area (Å²) in [7, 11) is 0. The molecule has 312 valence electrons. The van der Waals surface area contributed by atoms with Gasteiger partial charge in [0.05, 0.1) is 11.0 Å². The molecule has 0 unspecified atom stereocenters. The monoisotopic (exact) mass is 817 g/mol. The molecule has 3 heterocycles. The minimum absolute atomic E-state index is 0.00685. The van der Waals surface area contributed by atoms with Crippen LogP contribution in [0.5, 0.6) is 0 Å². The van der Waals surface area contributed by atoms with E-state index in [4.69, 9.17) is 16.2 Å². The van der Waals surface area contributed by atoms with Crippen molar-refractivity contribution in [2.75, 3.05) is 32.0 Å². The summed E-state index contributed by atoms with van der Waals surface area (Å²) in [6, 6.07) is 39.1. The number of fused-ring (bicyclic) bond motifs is 1. The summed E-state index contributed by atoms with van der Waals surface area (Å²) < 4.78 is 9.82. The fraction of sp³-hybridized carbons (Fsp3) is 0.426. The first-order valence-corrected chi connectivity index (χ1v) is 22.3. The number of nitrogens with one attached hydrogen (secondary N) is 1. The van der Waals surface area contributed by atoms with Crippen molar-refractivity contribution < 1.29 is 14.3 Å². The molecule has 4 aromatic carbocycles. The van der Waals surface area contributed by atoms with E-state index < -0.39 is 0 Å². The zero-order valence-corrected chi connectivity index (χ0v) is 34.8. The summed E-state index contributed by atoms with van der Waals surface area (Å²) in [4.78, 5) is 44.6. The van der Waals surface area contributed by atoms with E-state index in [1.165, 1.54) is 16.7 Å². The van der Waals surface area contributed by atoms with Crippen LogP contribution < -0.4 is 22.5 Å². The van der Waals surface area contributed by atoms with Gasteiger partial charge in [-0.25, -0.2) is 9.59 Å². The van der Waals surface area contributed by atoms with Crippen LogP contribution in [0, 0.1) is 0 Å². The van der Waals surface area contributed by atoms with E-state index >= 15 is 0 Å². The summed E-state index contributed by atoms with van der Waals surface area (Å²) in [5.41, 5.74) is 17.5. The van der Waals surface area contributed by atoms with E-state index in [1.807, 2.05) is 58.8 Å². The summed E-state index contributed by atoms with van der Waals surface area (Å²) >= 11 is 1.84. The number of likely N-dealkylation sites (tertiary alicyclic amines) is 1. The lowest BCUT2D eigenvalue weighted by Crippen LogP contribution is -2.44. The Morgan fingerprint density at radius 3 is 2.00 bits per heavy atom. The number of aromatic nitrogens is 2. The average Bonchev–Trinajstić information content (AvgIpc) is 3.74. The number of thioether (sulfide) groups is 1. The SMILES string of the molecule is N[C@@H]1[C@H](CCCCC(=O)NCCn2c(=O)n(C3CCN(C(=O)OC[C@H](Cc4ccccc4)N(Cc4ccccc4)Cc4ccccc4)CC3)c3ccccc32)SC[C@@H]1N. The number of imidazole rings is 1. The molecule has 4 atom stereocenters. The van der Waals surface area contributed by atoms with Crippen LogP contribution in [-0.2, 0) is 35.6 Å². The molecule has 2 amide bonds. The third kappa shape index (κ3) is 11.2. The van der Waals surface area contributed by atoms with Gasteiger partial charge in [0.25, 0.3) is 0 Å². The highest BCUT2D eigenvalue weighted by Crippen LogP contribution is 2.29. The zero-order valence-electron chi connectivity index (χ0n) is 33.9. The number of unbranched alkanes of at least 4 members (excludes halogenated alkanes) is 1. The van der Waals surface area contributed by atoms with Crippen LogP contribution in [0.3, 0.4) is 0 Å². The molecule has 2 aliphatic rings. The summed E-state index contributed by atoms with van der Waals surface area (Å²) in [5, 5.41) is 3.39. The molecule has 2 aliphatic heterocycles. The van der Waals surface area contributed by atoms with Crippen molar-refractivity contribution >= 4 is 34.8 Å². The van der Waals surface area contributed by atoms with Crippen molar-refractivity contribution in [3.63, 3.8) is 0 Å². The van der Waals surface area contributed by atoms with Gasteiger partial charge in [0.2, 0.25) is 5.91 Å². The fourth-order valence-electron chi connectivity index (χ4n) is 8.53. The van der Waals surface area contributed by atoms with Gasteiger partial charge in [0.15, 0.2) is 0 Å². The van der Waals surface area contributed by atoms with Gasteiger partial charge in [-0.15, -0.1) is 0 Å². The molecule has 11 nitrogen and oxygen atoms in total. The molecule has 0 radical (unpaired) electrons. The van der Waals surface area contributed by atoms with Gasteiger partial charge in [-0.3, -0.25) is 18.8 Å². The highest BCUT2D eigenvalue weighted by atomic mass is 32.2. The number of nitrogens with two attached hydrogens (primary N) is 2. The van der Waals surface area contributed by atoms with E-state index in [-0.39, 0.29) is 48.5 Å². The van der Waals surface area contributed by atoms with Crippen molar-refractivity contribution in [2.45, 2.75) is 94.0 Å². The molecular weight excluding hydrogens is 759 g/mol. The Hall–Kier alpha value is -4.88. The van der Waals surface area contributed by atoms with Gasteiger partial charge in [-0.05, 0) is 60.9 Å². The summed E-state index contributed by atoms with van der Waals surface area (Å²) in [6.45, 7) is 3.42. The first-order valence-electron chi connectivity index (χ1n) is 21.2. The standard InChI is InChI=1S/C47H59N7O4S/c48-40-34-59-43(45(40)49)22-12-13-23-44(55)50-26-29-53-41-20-10-11-21-42(41)54(46(53)56)38-24-27-51(28-25-38)47(57)58-33-39(30-35-14-4-1-5-15-35)52(31-36-16-6-2-7-17-36)32-37-18-8-3-9-19-37/h1-11,14-21,38-40,43,45H,12-13,22-34,48-49H2,(H,50,55)/t39-,40-,43-,45-/m0/s1. The molecule has 7 rings (SSSR count). The van der Waals surface area contributed by atoms with Crippen molar-refractivity contribution in [3.8, 4) is 0 Å². The maximum absolute atomic E-state index is 14.0. The van der Waals surface area contributed by atoms with Gasteiger partial charge < -0.3 is 26.4 Å². The van der Waals surface area contributed by atoms with Gasteiger partial charge in [-0.2, -0.15) is 11.8 Å². The Balaban J connectivity index is 0.946. The molecule has 12 heteroatoms. The summed E-state index contributed by atoms with van der Waals surface area (Å²) in [5.74, 6) is 0.894. The first-order chi connectivity index (χ1) is 28.8. The largest absolute Gasteiger partial charge is 0.448 e. The first kappa shape index (κ1) is 42.3. The molecule has 5 aromatic rings. The Morgan fingerprint density at radius 2 is 1.39 bits per heavy atom. The highest BCUT2D eigenvalue weighted by Gasteiger charge is 2.31. The number of benzene rings is 4. The lowest BCUT2D eigenvalue weighted by Gasteiger charge is -2.34. The van der Waals surface area contributed by atoms with E-state index in [1.54, 1.807) is 9.47 Å². The maximum atomic E-state index is 14.0. The second kappa shape index (κ2) is 20.9. The number of amides is 2. The number of carbonyl (C=O) groups excluding carboxylic acids is 2. The molecule has 2 saturated heterocycles. The third-order valence-electron chi connectivity index (χ3n) is 11.9. The smallest absolute Gasteiger partial charge is 0.409 e. The number of rotatable bonds is 18. The van der Waals surface area contributed by atoms with E-state index in [0.29, 0.717) is 50.7 Å². The normalized spacial score (nSPS) is 19.0. The van der Waals surface area contributed by atoms with Crippen molar-refractivity contribution in [1.29, 1.82) is 0 Å². The van der Waals surface area contributed by atoms with Crippen LogP contribution >= 0.6 is 11.8 Å². The third-order valence-corrected chi connectivity index (χ3v) is 13.4. The fourth-order valence-corrected chi connectivity index (χ4v) is 9.98. The molecule has 0 saturated carbocycles. The van der Waals surface area contributed by atoms with Crippen LogP contribution in [-0.4, -0.2) is 86.3 Å². The molecule has 0 spiro atoms. The van der Waals surface area contributed by atoms with Crippen molar-refractivity contribution in [3.05, 3.63) is 142 Å². The van der Waals surface area contributed by atoms with E-state index in [0.717, 1.165) is 55.6 Å². The quantitative estimate of drug-likeness (QED) is 0.0872. The lowest BCUT2D eigenvalue weighted by atomic mass is 10.0. The zero-order chi connectivity index (χ0) is 41.0. The Morgan fingerprint density at radius 1 is 0.797 bits per heavy atom. The van der Waals surface area contributed by atoms with Crippen LogP contribution in [0.25, 0.3) is 11.0 Å². The number of hydrogen-bond donors (Lipinski definition) is 3. The number of ether oxygens (including phenoxy) is 1.